The zero-order valence-electron chi connectivity index (χ0n) is 13.4. The van der Waals surface area contributed by atoms with E-state index in [0.717, 1.165) is 13.3 Å². The average molecular weight is 364 g/mol. The molecular formula is C15H16N4O5S. The summed E-state index contributed by atoms with van der Waals surface area (Å²) in [6, 6.07) is 7.01. The lowest BCUT2D eigenvalue weighted by molar-refractivity contribution is -0.117. The summed E-state index contributed by atoms with van der Waals surface area (Å²) in [4.78, 5) is 23.1. The Hall–Kier alpha value is -2.88. The molecule has 0 atom stereocenters. The van der Waals surface area contributed by atoms with Gasteiger partial charge in [0.25, 0.3) is 15.9 Å². The number of nitrogens with one attached hydrogen (secondary N) is 2. The van der Waals surface area contributed by atoms with Crippen molar-refractivity contribution in [2.45, 2.75) is 24.8 Å². The molecule has 1 aliphatic rings. The minimum atomic E-state index is -3.90. The van der Waals surface area contributed by atoms with Gasteiger partial charge in [-0.3, -0.25) is 9.59 Å². The number of aromatic nitrogens is 2. The van der Waals surface area contributed by atoms with Crippen LogP contribution in [0.15, 0.2) is 35.2 Å². The van der Waals surface area contributed by atoms with Gasteiger partial charge in [0.15, 0.2) is 5.69 Å². The molecule has 0 spiro atoms. The topological polar surface area (TPSA) is 119 Å². The molecule has 2 aromatic rings. The molecule has 0 bridgehead atoms. The number of ether oxygens (including phenoxy) is 1. The molecule has 1 aromatic heterocycles. The van der Waals surface area contributed by atoms with Gasteiger partial charge in [0, 0.05) is 31.6 Å². The maximum absolute atomic E-state index is 12.2. The number of hydrogen-bond acceptors (Lipinski definition) is 6. The van der Waals surface area contributed by atoms with Crippen molar-refractivity contribution in [3.05, 3.63) is 36.0 Å². The van der Waals surface area contributed by atoms with E-state index in [1.807, 2.05) is 4.72 Å². The Morgan fingerprint density at radius 1 is 1.24 bits per heavy atom. The molecule has 0 aliphatic carbocycles. The summed E-state index contributed by atoms with van der Waals surface area (Å²) in [6.07, 6.45) is 0.833. The molecule has 0 fully saturated rings. The van der Waals surface area contributed by atoms with Gasteiger partial charge in [-0.2, -0.15) is 5.10 Å². The summed E-state index contributed by atoms with van der Waals surface area (Å²) >= 11 is 0. The van der Waals surface area contributed by atoms with Gasteiger partial charge in [-0.25, -0.2) is 17.8 Å². The van der Waals surface area contributed by atoms with E-state index in [4.69, 9.17) is 4.74 Å². The lowest BCUT2D eigenvalue weighted by Crippen LogP contribution is -2.28. The lowest BCUT2D eigenvalue weighted by atomic mass is 10.3. The van der Waals surface area contributed by atoms with Crippen LogP contribution in [0.5, 0.6) is 5.88 Å². The molecule has 132 valence electrons. The zero-order valence-corrected chi connectivity index (χ0v) is 14.2. The third-order valence-corrected chi connectivity index (χ3v) is 4.89. The average Bonchev–Trinajstić information content (AvgIpc) is 2.98. The number of sulfonamides is 1. The molecule has 2 amide bonds. The summed E-state index contributed by atoms with van der Waals surface area (Å²) in [5.41, 5.74) is 0.616. The van der Waals surface area contributed by atoms with E-state index in [2.05, 4.69) is 10.4 Å². The summed E-state index contributed by atoms with van der Waals surface area (Å²) in [6.45, 7) is 2.40. The Morgan fingerprint density at radius 2 is 1.96 bits per heavy atom. The second-order valence-corrected chi connectivity index (χ2v) is 7.12. The van der Waals surface area contributed by atoms with Crippen LogP contribution in [-0.4, -0.2) is 36.6 Å². The van der Waals surface area contributed by atoms with Crippen molar-refractivity contribution >= 4 is 27.5 Å². The maximum atomic E-state index is 12.2. The van der Waals surface area contributed by atoms with Crippen LogP contribution in [-0.2, 0) is 21.4 Å². The van der Waals surface area contributed by atoms with Crippen molar-refractivity contribution in [2.75, 3.05) is 11.9 Å². The number of aryl methyl sites for hydroxylation is 1. The highest BCUT2D eigenvalue weighted by Crippen LogP contribution is 2.20. The zero-order chi connectivity index (χ0) is 18.0. The van der Waals surface area contributed by atoms with Crippen molar-refractivity contribution < 1.29 is 22.7 Å². The first kappa shape index (κ1) is 17.0. The molecule has 3 rings (SSSR count). The van der Waals surface area contributed by atoms with E-state index >= 15 is 0 Å². The molecular weight excluding hydrogens is 348 g/mol. The lowest BCUT2D eigenvalue weighted by Gasteiger charge is -2.13. The third-order valence-electron chi connectivity index (χ3n) is 3.44. The van der Waals surface area contributed by atoms with Crippen molar-refractivity contribution in [3.63, 3.8) is 0 Å². The van der Waals surface area contributed by atoms with Crippen LogP contribution >= 0.6 is 0 Å². The first-order chi connectivity index (χ1) is 11.8. The maximum Gasteiger partial charge on any atom is 0.276 e. The molecule has 0 unspecified atom stereocenters. The van der Waals surface area contributed by atoms with Crippen LogP contribution in [0.1, 0.15) is 23.8 Å². The molecule has 0 radical (unpaired) electrons. The molecule has 0 saturated heterocycles. The summed E-state index contributed by atoms with van der Waals surface area (Å²) in [5, 5.41) is 6.81. The minimum absolute atomic E-state index is 0.0773. The van der Waals surface area contributed by atoms with Gasteiger partial charge in [-0.1, -0.05) is 0 Å². The Balaban J connectivity index is 1.72. The highest BCUT2D eigenvalue weighted by Gasteiger charge is 2.19. The van der Waals surface area contributed by atoms with Gasteiger partial charge < -0.3 is 10.1 Å². The van der Waals surface area contributed by atoms with Crippen molar-refractivity contribution in [3.8, 4) is 5.88 Å². The van der Waals surface area contributed by atoms with Gasteiger partial charge in [-0.15, -0.1) is 0 Å². The van der Waals surface area contributed by atoms with Crippen molar-refractivity contribution in [2.24, 2.45) is 0 Å². The van der Waals surface area contributed by atoms with E-state index in [1.165, 1.54) is 24.3 Å². The van der Waals surface area contributed by atoms with Crippen LogP contribution in [0.25, 0.3) is 0 Å². The SMILES string of the molecule is CC(=O)NS(=O)(=O)c1ccc(NC(=O)c2cc3n(n2)CCCO3)cc1. The molecule has 2 heterocycles. The Morgan fingerprint density at radius 3 is 2.60 bits per heavy atom. The van der Waals surface area contributed by atoms with E-state index in [0.29, 0.717) is 24.7 Å². The second-order valence-electron chi connectivity index (χ2n) is 5.43. The smallest absolute Gasteiger partial charge is 0.276 e. The van der Waals surface area contributed by atoms with Crippen molar-refractivity contribution in [1.82, 2.24) is 14.5 Å². The Labute approximate surface area is 144 Å². The number of anilines is 1. The minimum Gasteiger partial charge on any atom is -0.478 e. The van der Waals surface area contributed by atoms with Gasteiger partial charge >= 0.3 is 0 Å². The highest BCUT2D eigenvalue weighted by atomic mass is 32.2. The number of carbonyl (C=O) groups is 2. The quantitative estimate of drug-likeness (QED) is 0.826. The second kappa shape index (κ2) is 6.55. The standard InChI is InChI=1S/C15H16N4O5S/c1-10(20)18-25(22,23)12-5-3-11(4-6-12)16-15(21)13-9-14-19(17-13)7-2-8-24-14/h3-6,9H,2,7-8H2,1H3,(H,16,21)(H,18,20). The first-order valence-electron chi connectivity index (χ1n) is 7.50. The monoisotopic (exact) mass is 364 g/mol. The number of nitrogens with zero attached hydrogens (tertiary/aromatic N) is 2. The summed E-state index contributed by atoms with van der Waals surface area (Å²) in [5.74, 6) is -0.556. The number of fused-ring (bicyclic) bond motifs is 1. The van der Waals surface area contributed by atoms with E-state index in [-0.39, 0.29) is 10.6 Å². The molecule has 2 N–H and O–H groups in total. The first-order valence-corrected chi connectivity index (χ1v) is 8.99. The van der Waals surface area contributed by atoms with E-state index < -0.39 is 21.8 Å². The van der Waals surface area contributed by atoms with Gasteiger partial charge in [0.05, 0.1) is 11.5 Å². The molecule has 25 heavy (non-hydrogen) atoms. The Kier molecular flexibility index (Phi) is 4.45. The summed E-state index contributed by atoms with van der Waals surface area (Å²) in [7, 11) is -3.90. The largest absolute Gasteiger partial charge is 0.478 e. The van der Waals surface area contributed by atoms with Crippen LogP contribution in [0, 0.1) is 0 Å². The predicted octanol–water partition coefficient (Wildman–Crippen LogP) is 0.743. The van der Waals surface area contributed by atoms with Gasteiger partial charge in [0.2, 0.25) is 11.8 Å². The fourth-order valence-electron chi connectivity index (χ4n) is 2.34. The Bertz CT molecular complexity index is 894. The fraction of sp³-hybridized carbons (Fsp3) is 0.267. The van der Waals surface area contributed by atoms with Crippen LogP contribution in [0.3, 0.4) is 0 Å². The number of rotatable bonds is 4. The molecule has 9 nitrogen and oxygen atoms in total. The van der Waals surface area contributed by atoms with E-state index in [1.54, 1.807) is 10.7 Å². The van der Waals surface area contributed by atoms with Crippen LogP contribution < -0.4 is 14.8 Å². The molecule has 10 heteroatoms. The normalized spacial score (nSPS) is 13.5. The third kappa shape index (κ3) is 3.79. The summed E-state index contributed by atoms with van der Waals surface area (Å²) < 4.78 is 32.6. The van der Waals surface area contributed by atoms with E-state index in [9.17, 15) is 18.0 Å². The van der Waals surface area contributed by atoms with Crippen molar-refractivity contribution in [1.29, 1.82) is 0 Å². The molecule has 1 aliphatic heterocycles. The molecule has 0 saturated carbocycles. The highest BCUT2D eigenvalue weighted by molar-refractivity contribution is 7.90. The number of carbonyl (C=O) groups excluding carboxylic acids is 2. The van der Waals surface area contributed by atoms with Gasteiger partial charge in [-0.05, 0) is 24.3 Å². The number of hydrogen-bond donors (Lipinski definition) is 2. The molecule has 1 aromatic carbocycles. The van der Waals surface area contributed by atoms with Crippen LogP contribution in [0.4, 0.5) is 5.69 Å². The fourth-order valence-corrected chi connectivity index (χ4v) is 3.33. The number of benzene rings is 1. The van der Waals surface area contributed by atoms with Gasteiger partial charge in [0.1, 0.15) is 0 Å². The predicted molar refractivity (Wildman–Crippen MR) is 87.7 cm³/mol. The van der Waals surface area contributed by atoms with Crippen LogP contribution in [0.2, 0.25) is 0 Å². The number of amides is 2.